The molecule has 170 valence electrons. The Morgan fingerprint density at radius 3 is 2.47 bits per heavy atom. The molecule has 0 unspecified atom stereocenters. The number of nitro benzene ring substituents is 1. The lowest BCUT2D eigenvalue weighted by Crippen LogP contribution is -2.05. The molecule has 0 amide bonds. The van der Waals surface area contributed by atoms with Gasteiger partial charge in [-0.25, -0.2) is 4.79 Å². The normalized spacial score (nSPS) is 10.9. The summed E-state index contributed by atoms with van der Waals surface area (Å²) in [6.07, 6.45) is 1.49. The van der Waals surface area contributed by atoms with Crippen LogP contribution in [0.1, 0.15) is 21.7 Å². The van der Waals surface area contributed by atoms with Gasteiger partial charge in [-0.15, -0.1) is 0 Å². The highest BCUT2D eigenvalue weighted by Crippen LogP contribution is 2.23. The van der Waals surface area contributed by atoms with Gasteiger partial charge in [-0.1, -0.05) is 41.9 Å². The lowest BCUT2D eigenvalue weighted by molar-refractivity contribution is -0.384. The number of rotatable bonds is 8. The summed E-state index contributed by atoms with van der Waals surface area (Å²) in [5.74, 6) is 0.663. The fourth-order valence-electron chi connectivity index (χ4n) is 3.02. The quantitative estimate of drug-likeness (QED) is 0.138. The molecular formula is C25H18ClN3O5. The smallest absolute Gasteiger partial charge is 0.338 e. The molecule has 0 spiro atoms. The standard InChI is InChI=1S/C25H18ClN3O5/c26-23-4-2-1-3-19(23)16-33-25(30)18-7-5-17(6-8-18)24-14-13-22(34-24)15-27-28-20-9-11-21(12-10-20)29(31)32/h1-15,28H,16H2. The Morgan fingerprint density at radius 1 is 1.03 bits per heavy atom. The van der Waals surface area contributed by atoms with Gasteiger partial charge >= 0.3 is 5.97 Å². The Bertz CT molecular complexity index is 1330. The second-order valence-electron chi connectivity index (χ2n) is 7.12. The van der Waals surface area contributed by atoms with Gasteiger partial charge in [-0.05, 0) is 42.5 Å². The molecule has 0 aliphatic carbocycles. The van der Waals surface area contributed by atoms with Gasteiger partial charge in [0, 0.05) is 28.3 Å². The van der Waals surface area contributed by atoms with Crippen LogP contribution in [0.5, 0.6) is 0 Å². The van der Waals surface area contributed by atoms with E-state index in [-0.39, 0.29) is 12.3 Å². The van der Waals surface area contributed by atoms with Crippen LogP contribution in [0, 0.1) is 10.1 Å². The van der Waals surface area contributed by atoms with Gasteiger partial charge in [0.2, 0.25) is 0 Å². The number of nitrogens with one attached hydrogen (secondary N) is 1. The second-order valence-corrected chi connectivity index (χ2v) is 7.53. The zero-order valence-electron chi connectivity index (χ0n) is 17.7. The summed E-state index contributed by atoms with van der Waals surface area (Å²) in [5, 5.41) is 15.3. The Morgan fingerprint density at radius 2 is 1.76 bits per heavy atom. The van der Waals surface area contributed by atoms with Crippen molar-refractivity contribution in [3.63, 3.8) is 0 Å². The largest absolute Gasteiger partial charge is 0.457 e. The maximum Gasteiger partial charge on any atom is 0.338 e. The first kappa shape index (κ1) is 22.8. The summed E-state index contributed by atoms with van der Waals surface area (Å²) >= 11 is 6.09. The molecular weight excluding hydrogens is 458 g/mol. The monoisotopic (exact) mass is 475 g/mol. The predicted molar refractivity (Wildman–Crippen MR) is 129 cm³/mol. The summed E-state index contributed by atoms with van der Waals surface area (Å²) in [6.45, 7) is 0.0923. The molecule has 4 rings (SSSR count). The number of esters is 1. The summed E-state index contributed by atoms with van der Waals surface area (Å²) < 4.78 is 11.1. The minimum Gasteiger partial charge on any atom is -0.457 e. The van der Waals surface area contributed by atoms with Gasteiger partial charge in [0.15, 0.2) is 0 Å². The number of halogens is 1. The molecule has 9 heteroatoms. The van der Waals surface area contributed by atoms with Crippen molar-refractivity contribution < 1.29 is 18.9 Å². The van der Waals surface area contributed by atoms with E-state index >= 15 is 0 Å². The van der Waals surface area contributed by atoms with E-state index in [4.69, 9.17) is 20.8 Å². The summed E-state index contributed by atoms with van der Waals surface area (Å²) in [6, 6.07) is 23.5. The van der Waals surface area contributed by atoms with Crippen molar-refractivity contribution in [2.24, 2.45) is 5.10 Å². The van der Waals surface area contributed by atoms with Crippen LogP contribution in [0.15, 0.2) is 94.4 Å². The third kappa shape index (κ3) is 5.67. The van der Waals surface area contributed by atoms with Crippen molar-refractivity contribution in [1.82, 2.24) is 0 Å². The topological polar surface area (TPSA) is 107 Å². The number of hydrogen-bond donors (Lipinski definition) is 1. The van der Waals surface area contributed by atoms with Crippen molar-refractivity contribution in [3.8, 4) is 11.3 Å². The molecule has 1 N–H and O–H groups in total. The van der Waals surface area contributed by atoms with Crippen LogP contribution in [-0.2, 0) is 11.3 Å². The maximum atomic E-state index is 12.3. The van der Waals surface area contributed by atoms with Crippen LogP contribution in [-0.4, -0.2) is 17.1 Å². The Balaban J connectivity index is 1.34. The van der Waals surface area contributed by atoms with E-state index < -0.39 is 10.9 Å². The SMILES string of the molecule is O=C(OCc1ccccc1Cl)c1ccc(-c2ccc(C=NNc3ccc([N+](=O)[O-])cc3)o2)cc1. The third-order valence-electron chi connectivity index (χ3n) is 4.81. The lowest BCUT2D eigenvalue weighted by atomic mass is 10.1. The number of anilines is 1. The van der Waals surface area contributed by atoms with Gasteiger partial charge < -0.3 is 9.15 Å². The molecule has 34 heavy (non-hydrogen) atoms. The maximum absolute atomic E-state index is 12.3. The molecule has 0 aliphatic heterocycles. The number of carbonyl (C=O) groups excluding carboxylic acids is 1. The molecule has 0 fully saturated rings. The number of hydrazone groups is 1. The molecule has 1 heterocycles. The van der Waals surface area contributed by atoms with Gasteiger partial charge in [0.05, 0.1) is 22.4 Å². The van der Waals surface area contributed by atoms with E-state index in [0.717, 1.165) is 11.1 Å². The van der Waals surface area contributed by atoms with E-state index in [0.29, 0.717) is 27.8 Å². The van der Waals surface area contributed by atoms with E-state index in [2.05, 4.69) is 10.5 Å². The minimum absolute atomic E-state index is 0.00470. The number of ether oxygens (including phenoxy) is 1. The number of nitrogens with zero attached hydrogens (tertiary/aromatic N) is 2. The molecule has 8 nitrogen and oxygen atoms in total. The lowest BCUT2D eigenvalue weighted by Gasteiger charge is -2.07. The summed E-state index contributed by atoms with van der Waals surface area (Å²) in [5.41, 5.74) is 5.32. The van der Waals surface area contributed by atoms with Gasteiger partial charge in [0.1, 0.15) is 18.1 Å². The highest BCUT2D eigenvalue weighted by molar-refractivity contribution is 6.31. The highest BCUT2D eigenvalue weighted by Gasteiger charge is 2.10. The van der Waals surface area contributed by atoms with E-state index in [1.165, 1.54) is 18.3 Å². The Hall–Kier alpha value is -4.43. The predicted octanol–water partition coefficient (Wildman–Crippen LogP) is 6.31. The first-order valence-electron chi connectivity index (χ1n) is 10.1. The molecule has 3 aromatic carbocycles. The van der Waals surface area contributed by atoms with Crippen LogP contribution in [0.25, 0.3) is 11.3 Å². The molecule has 0 radical (unpaired) electrons. The van der Waals surface area contributed by atoms with Gasteiger partial charge in [-0.3, -0.25) is 15.5 Å². The average Bonchev–Trinajstić information content (AvgIpc) is 3.33. The van der Waals surface area contributed by atoms with Crippen LogP contribution in [0.4, 0.5) is 11.4 Å². The molecule has 0 saturated carbocycles. The van der Waals surface area contributed by atoms with Crippen molar-refractivity contribution in [2.75, 3.05) is 5.43 Å². The fraction of sp³-hybridized carbons (Fsp3) is 0.0400. The van der Waals surface area contributed by atoms with Crippen molar-refractivity contribution >= 4 is 35.2 Å². The Kier molecular flexibility index (Phi) is 7.00. The number of benzene rings is 3. The minimum atomic E-state index is -0.465. The van der Waals surface area contributed by atoms with Gasteiger partial charge in [0.25, 0.3) is 5.69 Å². The van der Waals surface area contributed by atoms with E-state index in [9.17, 15) is 14.9 Å². The van der Waals surface area contributed by atoms with Crippen LogP contribution in [0.3, 0.4) is 0 Å². The summed E-state index contributed by atoms with van der Waals surface area (Å²) in [7, 11) is 0. The molecule has 0 saturated heterocycles. The first-order valence-corrected chi connectivity index (χ1v) is 10.5. The van der Waals surface area contributed by atoms with Crippen LogP contribution < -0.4 is 5.43 Å². The third-order valence-corrected chi connectivity index (χ3v) is 5.18. The van der Waals surface area contributed by atoms with Crippen LogP contribution >= 0.6 is 11.6 Å². The summed E-state index contributed by atoms with van der Waals surface area (Å²) in [4.78, 5) is 22.5. The fourth-order valence-corrected chi connectivity index (χ4v) is 3.21. The zero-order valence-corrected chi connectivity index (χ0v) is 18.4. The van der Waals surface area contributed by atoms with Crippen molar-refractivity contribution in [2.45, 2.75) is 6.61 Å². The number of non-ortho nitro benzene ring substituents is 1. The average molecular weight is 476 g/mol. The highest BCUT2D eigenvalue weighted by atomic mass is 35.5. The second kappa shape index (κ2) is 10.5. The van der Waals surface area contributed by atoms with E-state index in [1.54, 1.807) is 60.7 Å². The molecule has 0 aliphatic rings. The number of nitro groups is 1. The first-order chi connectivity index (χ1) is 16.5. The molecule has 1 aromatic heterocycles. The number of carbonyl (C=O) groups is 1. The molecule has 0 bridgehead atoms. The Labute approximate surface area is 199 Å². The number of hydrogen-bond acceptors (Lipinski definition) is 7. The van der Waals surface area contributed by atoms with Crippen molar-refractivity contribution in [3.05, 3.63) is 117 Å². The van der Waals surface area contributed by atoms with Crippen LogP contribution in [0.2, 0.25) is 5.02 Å². The molecule has 4 aromatic rings. The zero-order chi connectivity index (χ0) is 23.9. The van der Waals surface area contributed by atoms with Gasteiger partial charge in [-0.2, -0.15) is 5.10 Å². The number of furan rings is 1. The van der Waals surface area contributed by atoms with E-state index in [1.807, 2.05) is 12.1 Å². The molecule has 0 atom stereocenters. The van der Waals surface area contributed by atoms with Crippen molar-refractivity contribution in [1.29, 1.82) is 0 Å².